The summed E-state index contributed by atoms with van der Waals surface area (Å²) in [5.74, 6) is 2.10. The molecule has 4 nitrogen and oxygen atoms in total. The number of aromatic nitrogens is 4. The van der Waals surface area contributed by atoms with Crippen molar-refractivity contribution in [3.63, 3.8) is 0 Å². The second kappa shape index (κ2) is 13.1. The summed E-state index contributed by atoms with van der Waals surface area (Å²) < 4.78 is 4.96. The van der Waals surface area contributed by atoms with E-state index in [1.165, 1.54) is 108 Å². The fourth-order valence-electron chi connectivity index (χ4n) is 8.97. The highest BCUT2D eigenvalue weighted by Gasteiger charge is 2.23. The summed E-state index contributed by atoms with van der Waals surface area (Å²) in [6.45, 7) is 0. The maximum absolute atomic E-state index is 5.31. The van der Waals surface area contributed by atoms with Crippen LogP contribution in [0.25, 0.3) is 81.8 Å². The van der Waals surface area contributed by atoms with Gasteiger partial charge < -0.3 is 4.57 Å². The third-order valence-corrected chi connectivity index (χ3v) is 13.8. The van der Waals surface area contributed by atoms with Gasteiger partial charge in [0.05, 0.1) is 0 Å². The Balaban J connectivity index is 1.30. The fourth-order valence-corrected chi connectivity index (χ4v) is 10.2. The normalized spacial score (nSPS) is 11.7. The Morgan fingerprint density at radius 2 is 1.02 bits per heavy atom. The van der Waals surface area contributed by atoms with Crippen molar-refractivity contribution in [2.24, 2.45) is 0 Å². The van der Waals surface area contributed by atoms with Gasteiger partial charge in [-0.3, -0.25) is 0 Å². The zero-order chi connectivity index (χ0) is 38.6. The average molecular weight is 711 g/mol. The first kappa shape index (κ1) is 35.7. The second-order valence-corrected chi connectivity index (χ2v) is 16.7. The predicted octanol–water partition coefficient (Wildman–Crippen LogP) is -8.82. The van der Waals surface area contributed by atoms with Crippen molar-refractivity contribution < 1.29 is 0 Å². The predicted molar refractivity (Wildman–Crippen MR) is 273 cm³/mol. The van der Waals surface area contributed by atoms with E-state index >= 15 is 0 Å². The molecule has 55 heavy (non-hydrogen) atoms. The van der Waals surface area contributed by atoms with Crippen LogP contribution in [0.1, 0.15) is 0 Å². The van der Waals surface area contributed by atoms with Crippen LogP contribution in [0.3, 0.4) is 0 Å². The lowest BCUT2D eigenvalue weighted by molar-refractivity contribution is 1.08. The van der Waals surface area contributed by atoms with Crippen LogP contribution in [0.5, 0.6) is 0 Å². The molecule has 0 aliphatic rings. The molecular formula is C39H35B11N4S. The molecule has 3 aromatic heterocycles. The molecular weight excluding hydrogens is 675 g/mol. The number of hydrogen-bond acceptors (Lipinski definition) is 4. The van der Waals surface area contributed by atoms with Gasteiger partial charge >= 0.3 is 0 Å². The van der Waals surface area contributed by atoms with Crippen molar-refractivity contribution in [2.45, 2.75) is 0 Å². The molecule has 0 saturated carbocycles. The summed E-state index contributed by atoms with van der Waals surface area (Å²) >= 11 is 1.82. The lowest BCUT2D eigenvalue weighted by Gasteiger charge is -2.20. The summed E-state index contributed by atoms with van der Waals surface area (Å²) in [4.78, 5) is 15.7. The van der Waals surface area contributed by atoms with Crippen LogP contribution in [0.2, 0.25) is 0 Å². The molecule has 0 saturated heterocycles. The Hall–Kier alpha value is -4.94. The van der Waals surface area contributed by atoms with Gasteiger partial charge in [-0.25, -0.2) is 15.0 Å². The van der Waals surface area contributed by atoms with Gasteiger partial charge in [0.25, 0.3) is 0 Å². The van der Waals surface area contributed by atoms with E-state index in [1.54, 1.807) is 0 Å². The number of nitrogens with zero attached hydrogens (tertiary/aromatic N) is 4. The third-order valence-electron chi connectivity index (χ3n) is 12.6. The third kappa shape index (κ3) is 5.38. The summed E-state index contributed by atoms with van der Waals surface area (Å²) in [7, 11) is 24.6. The monoisotopic (exact) mass is 712 g/mol. The van der Waals surface area contributed by atoms with Gasteiger partial charge in [-0.1, -0.05) is 98.3 Å². The van der Waals surface area contributed by atoms with E-state index in [-0.39, 0.29) is 0 Å². The van der Waals surface area contributed by atoms with Crippen LogP contribution in [-0.2, 0) is 0 Å². The zero-order valence-electron chi connectivity index (χ0n) is 33.7. The van der Waals surface area contributed by atoms with Crippen molar-refractivity contribution in [2.75, 3.05) is 0 Å². The lowest BCUT2D eigenvalue weighted by Crippen LogP contribution is -2.55. The number of thiophene rings is 1. The van der Waals surface area contributed by atoms with Crippen molar-refractivity contribution >= 4 is 200 Å². The van der Waals surface area contributed by atoms with Gasteiger partial charge in [-0.15, -0.1) is 27.7 Å². The SMILES string of the molecule is Bc1cc(B)c2c(c1B)c1c(B)c(B)cc(B)c1n2-c1ccc2sc3c(-c4nc(-c5ccccc5)nc(-c5c(B)c(B)c(B)c(B)c5B)n4)cccc3c2c1. The van der Waals surface area contributed by atoms with Gasteiger partial charge in [-0.05, 0) is 35.0 Å². The first-order chi connectivity index (χ1) is 26.3. The maximum atomic E-state index is 5.31. The Labute approximate surface area is 336 Å². The molecule has 16 heteroatoms. The molecule has 0 spiro atoms. The molecule has 250 valence electrons. The highest BCUT2D eigenvalue weighted by molar-refractivity contribution is 7.26. The minimum atomic E-state index is 0.684. The van der Waals surface area contributed by atoms with E-state index in [4.69, 9.17) is 15.0 Å². The maximum Gasteiger partial charge on any atom is 0.165 e. The second-order valence-electron chi connectivity index (χ2n) is 15.7. The highest BCUT2D eigenvalue weighted by atomic mass is 32.1. The smallest absolute Gasteiger partial charge is 0.165 e. The first-order valence-electron chi connectivity index (χ1n) is 19.2. The molecule has 9 aromatic rings. The summed E-state index contributed by atoms with van der Waals surface area (Å²) in [6.07, 6.45) is 0. The molecule has 0 aliphatic heterocycles. The van der Waals surface area contributed by atoms with Crippen molar-refractivity contribution in [1.82, 2.24) is 19.5 Å². The van der Waals surface area contributed by atoms with E-state index in [0.717, 1.165) is 22.5 Å². The number of hydrogen-bond donors (Lipinski definition) is 0. The molecule has 0 atom stereocenters. The van der Waals surface area contributed by atoms with Crippen LogP contribution >= 0.6 is 11.3 Å². The average Bonchev–Trinajstić information content (AvgIpc) is 3.75. The molecule has 0 N–H and O–H groups in total. The van der Waals surface area contributed by atoms with Gasteiger partial charge in [-0.2, -0.15) is 0 Å². The Bertz CT molecular complexity index is 3030. The topological polar surface area (TPSA) is 43.6 Å². The van der Waals surface area contributed by atoms with E-state index in [2.05, 4.69) is 152 Å². The fraction of sp³-hybridized carbons (Fsp3) is 0. The minimum absolute atomic E-state index is 0.684. The Morgan fingerprint density at radius 1 is 0.455 bits per heavy atom. The largest absolute Gasteiger partial charge is 0.310 e. The van der Waals surface area contributed by atoms with Gasteiger partial charge in [0.2, 0.25) is 0 Å². The molecule has 0 unspecified atom stereocenters. The molecule has 0 radical (unpaired) electrons. The van der Waals surface area contributed by atoms with Crippen molar-refractivity contribution in [3.05, 3.63) is 78.9 Å². The van der Waals surface area contributed by atoms with Crippen LogP contribution in [0.15, 0.2) is 78.9 Å². The van der Waals surface area contributed by atoms with E-state index < -0.39 is 0 Å². The summed E-state index contributed by atoms with van der Waals surface area (Å²) in [6, 6.07) is 28.6. The van der Waals surface area contributed by atoms with Crippen LogP contribution in [0.4, 0.5) is 0 Å². The number of rotatable bonds is 4. The van der Waals surface area contributed by atoms with Crippen molar-refractivity contribution in [3.8, 4) is 39.9 Å². The minimum Gasteiger partial charge on any atom is -0.310 e. The zero-order valence-corrected chi connectivity index (χ0v) is 34.5. The van der Waals surface area contributed by atoms with Gasteiger partial charge in [0.15, 0.2) is 17.5 Å². The van der Waals surface area contributed by atoms with Gasteiger partial charge in [0.1, 0.15) is 86.3 Å². The van der Waals surface area contributed by atoms with Gasteiger partial charge in [0, 0.05) is 53.6 Å². The quantitative estimate of drug-likeness (QED) is 0.171. The first-order valence-corrected chi connectivity index (χ1v) is 20.0. The summed E-state index contributed by atoms with van der Waals surface area (Å²) in [5.41, 5.74) is 21.2. The Kier molecular flexibility index (Phi) is 8.51. The van der Waals surface area contributed by atoms with Crippen LogP contribution in [0, 0.1) is 0 Å². The number of fused-ring (bicyclic) bond motifs is 6. The standard InChI is InChI=1S/C39H35B11N4S/c40-19-12-21(42)34-24(27(19)44)25-28(45)20(41)13-22(43)35(25)54(34)15-9-10-23-18(11-15)16-7-4-8-17(36(16)55-23)38-51-37(14-5-2-1-3-6-14)52-39(53-38)26-29(46)31(48)33(50)32(49)30(26)47/h1-13H,40-50H2. The molecule has 0 aliphatic carbocycles. The number of benzene rings is 6. The van der Waals surface area contributed by atoms with Crippen LogP contribution < -0.4 is 60.1 Å². The molecule has 0 bridgehead atoms. The van der Waals surface area contributed by atoms with Crippen LogP contribution in [-0.4, -0.2) is 106 Å². The van der Waals surface area contributed by atoms with E-state index in [9.17, 15) is 0 Å². The molecule has 3 heterocycles. The van der Waals surface area contributed by atoms with E-state index in [1.807, 2.05) is 29.5 Å². The molecule has 6 aromatic carbocycles. The van der Waals surface area contributed by atoms with Crippen molar-refractivity contribution in [1.29, 1.82) is 0 Å². The van der Waals surface area contributed by atoms with E-state index in [0.29, 0.717) is 11.6 Å². The lowest BCUT2D eigenvalue weighted by atomic mass is 9.60. The highest BCUT2D eigenvalue weighted by Crippen LogP contribution is 2.41. The Morgan fingerprint density at radius 3 is 1.64 bits per heavy atom. The molecule has 0 amide bonds. The molecule has 0 fully saturated rings. The summed E-state index contributed by atoms with van der Waals surface area (Å²) in [5, 5.41) is 5.20. The molecule has 9 rings (SSSR count).